The lowest BCUT2D eigenvalue weighted by Gasteiger charge is -2.10. The molecule has 3 aromatic rings. The fourth-order valence-corrected chi connectivity index (χ4v) is 2.29. The smallest absolute Gasteiger partial charge is 0.166 e. The summed E-state index contributed by atoms with van der Waals surface area (Å²) >= 11 is 6.11. The first-order valence-corrected chi connectivity index (χ1v) is 7.33. The van der Waals surface area contributed by atoms with Crippen LogP contribution in [0.4, 0.5) is 21.7 Å². The van der Waals surface area contributed by atoms with Crippen LogP contribution in [0.5, 0.6) is 0 Å². The molecule has 4 nitrogen and oxygen atoms in total. The minimum absolute atomic E-state index is 0.226. The number of hydrogen-bond acceptors (Lipinski definition) is 4. The van der Waals surface area contributed by atoms with Gasteiger partial charge in [0.25, 0.3) is 0 Å². The quantitative estimate of drug-likeness (QED) is 0.739. The predicted octanol–water partition coefficient (Wildman–Crippen LogP) is 4.57. The molecule has 2 aromatic carbocycles. The molecular formula is C17H14ClFN4. The molecule has 116 valence electrons. The van der Waals surface area contributed by atoms with Crippen molar-refractivity contribution >= 4 is 28.9 Å². The van der Waals surface area contributed by atoms with Crippen molar-refractivity contribution < 1.29 is 4.39 Å². The molecule has 0 bridgehead atoms. The van der Waals surface area contributed by atoms with Crippen molar-refractivity contribution in [3.8, 4) is 11.4 Å². The molecule has 0 saturated heterocycles. The van der Waals surface area contributed by atoms with Crippen molar-refractivity contribution in [1.82, 2.24) is 9.97 Å². The van der Waals surface area contributed by atoms with Crippen molar-refractivity contribution in [2.75, 3.05) is 11.1 Å². The lowest BCUT2D eigenvalue weighted by Crippen LogP contribution is -2.02. The molecule has 6 heteroatoms. The van der Waals surface area contributed by atoms with E-state index in [1.54, 1.807) is 30.3 Å². The van der Waals surface area contributed by atoms with Gasteiger partial charge in [0, 0.05) is 16.8 Å². The second-order valence-electron chi connectivity index (χ2n) is 5.07. The summed E-state index contributed by atoms with van der Waals surface area (Å²) in [7, 11) is 0. The Morgan fingerprint density at radius 1 is 1.09 bits per heavy atom. The van der Waals surface area contributed by atoms with Crippen molar-refractivity contribution in [1.29, 1.82) is 0 Å². The fraction of sp³-hybridized carbons (Fsp3) is 0.0588. The van der Waals surface area contributed by atoms with Crippen molar-refractivity contribution in [2.45, 2.75) is 6.92 Å². The van der Waals surface area contributed by atoms with Crippen molar-refractivity contribution in [2.24, 2.45) is 0 Å². The summed E-state index contributed by atoms with van der Waals surface area (Å²) in [6.07, 6.45) is 0. The third-order valence-corrected chi connectivity index (χ3v) is 3.71. The average molecular weight is 329 g/mol. The molecule has 0 spiro atoms. The topological polar surface area (TPSA) is 63.8 Å². The van der Waals surface area contributed by atoms with Gasteiger partial charge >= 0.3 is 0 Å². The van der Waals surface area contributed by atoms with Gasteiger partial charge in [0.05, 0.1) is 5.56 Å². The number of aryl methyl sites for hydroxylation is 1. The van der Waals surface area contributed by atoms with Crippen LogP contribution in [-0.2, 0) is 0 Å². The number of halogens is 2. The summed E-state index contributed by atoms with van der Waals surface area (Å²) in [4.78, 5) is 8.43. The predicted molar refractivity (Wildman–Crippen MR) is 91.3 cm³/mol. The standard InChI is InChI=1S/C17H14ClFN4/c1-10-6-7-11(8-13(10)18)21-16-9-15(20)22-17(23-16)12-4-2-3-5-14(12)19/h2-9H,1H3,(H3,20,21,22,23). The van der Waals surface area contributed by atoms with Crippen LogP contribution >= 0.6 is 11.6 Å². The van der Waals surface area contributed by atoms with Crippen molar-refractivity contribution in [3.05, 3.63) is 64.9 Å². The first-order chi connectivity index (χ1) is 11.0. The van der Waals surface area contributed by atoms with Crippen molar-refractivity contribution in [3.63, 3.8) is 0 Å². The number of nitrogens with zero attached hydrogens (tertiary/aromatic N) is 2. The third-order valence-electron chi connectivity index (χ3n) is 3.30. The van der Waals surface area contributed by atoms with Crippen LogP contribution < -0.4 is 11.1 Å². The van der Waals surface area contributed by atoms with E-state index in [9.17, 15) is 4.39 Å². The van der Waals surface area contributed by atoms with Gasteiger partial charge < -0.3 is 11.1 Å². The molecule has 0 atom stereocenters. The van der Waals surface area contributed by atoms with E-state index in [0.29, 0.717) is 16.4 Å². The van der Waals surface area contributed by atoms with Gasteiger partial charge in [-0.1, -0.05) is 29.8 Å². The molecule has 0 aliphatic heterocycles. The first kappa shape index (κ1) is 15.2. The average Bonchev–Trinajstić information content (AvgIpc) is 2.51. The summed E-state index contributed by atoms with van der Waals surface area (Å²) in [6, 6.07) is 13.4. The number of nitrogen functional groups attached to an aromatic ring is 1. The molecule has 0 radical (unpaired) electrons. The van der Waals surface area contributed by atoms with Gasteiger partial charge in [0.2, 0.25) is 0 Å². The molecule has 1 heterocycles. The van der Waals surface area contributed by atoms with Gasteiger partial charge in [-0.15, -0.1) is 0 Å². The molecule has 0 saturated carbocycles. The van der Waals surface area contributed by atoms with Gasteiger partial charge in [0.15, 0.2) is 5.82 Å². The molecule has 3 N–H and O–H groups in total. The number of nitrogens with one attached hydrogen (secondary N) is 1. The van der Waals surface area contributed by atoms with Gasteiger partial charge in [-0.3, -0.25) is 0 Å². The number of nitrogens with two attached hydrogens (primary N) is 1. The van der Waals surface area contributed by atoms with E-state index in [1.807, 2.05) is 19.1 Å². The molecule has 0 amide bonds. The summed E-state index contributed by atoms with van der Waals surface area (Å²) in [6.45, 7) is 1.92. The van der Waals surface area contributed by atoms with E-state index < -0.39 is 5.82 Å². The molecule has 0 unspecified atom stereocenters. The monoisotopic (exact) mass is 328 g/mol. The number of anilines is 3. The summed E-state index contributed by atoms with van der Waals surface area (Å²) in [5.74, 6) is 0.542. The highest BCUT2D eigenvalue weighted by atomic mass is 35.5. The molecular weight excluding hydrogens is 315 g/mol. The largest absolute Gasteiger partial charge is 0.384 e. The van der Waals surface area contributed by atoms with Gasteiger partial charge in [0.1, 0.15) is 17.5 Å². The molecule has 0 aliphatic carbocycles. The van der Waals surface area contributed by atoms with Crippen LogP contribution in [0, 0.1) is 12.7 Å². The van der Waals surface area contributed by atoms with Crippen LogP contribution in [0.1, 0.15) is 5.56 Å². The van der Waals surface area contributed by atoms with Crippen LogP contribution in [0.15, 0.2) is 48.5 Å². The minimum Gasteiger partial charge on any atom is -0.384 e. The molecule has 1 aromatic heterocycles. The molecule has 0 aliphatic rings. The maximum atomic E-state index is 13.9. The molecule has 0 fully saturated rings. The Labute approximate surface area is 138 Å². The van der Waals surface area contributed by atoms with Crippen LogP contribution in [0.25, 0.3) is 11.4 Å². The van der Waals surface area contributed by atoms with Crippen LogP contribution in [0.3, 0.4) is 0 Å². The van der Waals surface area contributed by atoms with Crippen LogP contribution in [0.2, 0.25) is 5.02 Å². The Hall–Kier alpha value is -2.66. The van der Waals surface area contributed by atoms with Crippen LogP contribution in [-0.4, -0.2) is 9.97 Å². The normalized spacial score (nSPS) is 10.6. The highest BCUT2D eigenvalue weighted by Gasteiger charge is 2.10. The second-order valence-corrected chi connectivity index (χ2v) is 5.48. The highest BCUT2D eigenvalue weighted by molar-refractivity contribution is 6.31. The Balaban J connectivity index is 1.97. The second kappa shape index (κ2) is 6.22. The number of rotatable bonds is 3. The van der Waals surface area contributed by atoms with E-state index in [-0.39, 0.29) is 11.6 Å². The number of benzene rings is 2. The molecule has 23 heavy (non-hydrogen) atoms. The molecule has 3 rings (SSSR count). The Morgan fingerprint density at radius 2 is 1.87 bits per heavy atom. The lowest BCUT2D eigenvalue weighted by molar-refractivity contribution is 0.630. The van der Waals surface area contributed by atoms with E-state index in [4.69, 9.17) is 17.3 Å². The van der Waals surface area contributed by atoms with Gasteiger partial charge in [-0.05, 0) is 36.8 Å². The maximum Gasteiger partial charge on any atom is 0.166 e. The summed E-state index contributed by atoms with van der Waals surface area (Å²) < 4.78 is 13.9. The van der Waals surface area contributed by atoms with Gasteiger partial charge in [-0.2, -0.15) is 0 Å². The minimum atomic E-state index is -0.401. The Morgan fingerprint density at radius 3 is 2.61 bits per heavy atom. The zero-order chi connectivity index (χ0) is 16.4. The fourth-order valence-electron chi connectivity index (χ4n) is 2.11. The van der Waals surface area contributed by atoms with E-state index in [1.165, 1.54) is 6.07 Å². The highest BCUT2D eigenvalue weighted by Crippen LogP contribution is 2.25. The van der Waals surface area contributed by atoms with E-state index in [2.05, 4.69) is 15.3 Å². The van der Waals surface area contributed by atoms with Gasteiger partial charge in [-0.25, -0.2) is 14.4 Å². The third kappa shape index (κ3) is 3.40. The zero-order valence-electron chi connectivity index (χ0n) is 12.3. The van der Waals surface area contributed by atoms with E-state index >= 15 is 0 Å². The Kier molecular flexibility index (Phi) is 4.12. The summed E-state index contributed by atoms with van der Waals surface area (Å²) in [5, 5.41) is 3.75. The SMILES string of the molecule is Cc1ccc(Nc2cc(N)nc(-c3ccccc3F)n2)cc1Cl. The summed E-state index contributed by atoms with van der Waals surface area (Å²) in [5.41, 5.74) is 7.85. The van der Waals surface area contributed by atoms with E-state index in [0.717, 1.165) is 11.3 Å². The maximum absolute atomic E-state index is 13.9. The first-order valence-electron chi connectivity index (χ1n) is 6.95. The zero-order valence-corrected chi connectivity index (χ0v) is 13.1. The lowest BCUT2D eigenvalue weighted by atomic mass is 10.2. The number of hydrogen-bond donors (Lipinski definition) is 2. The number of aromatic nitrogens is 2. The Bertz CT molecular complexity index is 867.